The molecule has 5 heteroatoms. The highest BCUT2D eigenvalue weighted by Crippen LogP contribution is 2.26. The first-order valence-corrected chi connectivity index (χ1v) is 6.18. The maximum atomic E-state index is 12.2. The summed E-state index contributed by atoms with van der Waals surface area (Å²) in [6, 6.07) is 6.92. The van der Waals surface area contributed by atoms with E-state index in [0.29, 0.717) is 13.0 Å². The molecule has 1 atom stereocenters. The lowest BCUT2D eigenvalue weighted by Gasteiger charge is -2.27. The van der Waals surface area contributed by atoms with E-state index in [4.69, 9.17) is 9.47 Å². The number of benzene rings is 1. The normalized spacial score (nSPS) is 18.2. The number of carbonyl (C=O) groups excluding carboxylic acids is 2. The van der Waals surface area contributed by atoms with Crippen LogP contribution < -0.4 is 4.90 Å². The summed E-state index contributed by atoms with van der Waals surface area (Å²) in [6.45, 7) is 2.20. The summed E-state index contributed by atoms with van der Waals surface area (Å²) >= 11 is 0. The van der Waals surface area contributed by atoms with Crippen LogP contribution in [0.25, 0.3) is 0 Å². The molecule has 5 nitrogen and oxygen atoms in total. The van der Waals surface area contributed by atoms with Gasteiger partial charge in [0.1, 0.15) is 12.6 Å². The minimum Gasteiger partial charge on any atom is -0.464 e. The number of ether oxygens (including phenoxy) is 2. The van der Waals surface area contributed by atoms with Gasteiger partial charge < -0.3 is 9.47 Å². The van der Waals surface area contributed by atoms with Crippen LogP contribution in [-0.4, -0.2) is 38.2 Å². The first-order chi connectivity index (χ1) is 9.15. The zero-order valence-electron chi connectivity index (χ0n) is 11.1. The van der Waals surface area contributed by atoms with Gasteiger partial charge in [-0.05, 0) is 18.6 Å². The molecule has 1 amide bonds. The lowest BCUT2D eigenvalue weighted by molar-refractivity contribution is -0.140. The van der Waals surface area contributed by atoms with Crippen molar-refractivity contribution in [3.05, 3.63) is 29.8 Å². The second-order valence-electron chi connectivity index (χ2n) is 4.46. The fraction of sp³-hybridized carbons (Fsp3) is 0.429. The molecule has 1 aromatic carbocycles. The van der Waals surface area contributed by atoms with Crippen LogP contribution in [0.3, 0.4) is 0 Å². The largest absolute Gasteiger partial charge is 0.464 e. The van der Waals surface area contributed by atoms with Crippen LogP contribution in [0, 0.1) is 6.92 Å². The van der Waals surface area contributed by atoms with Gasteiger partial charge in [-0.25, -0.2) is 4.79 Å². The monoisotopic (exact) mass is 263 g/mol. The Kier molecular flexibility index (Phi) is 4.16. The molecule has 19 heavy (non-hydrogen) atoms. The summed E-state index contributed by atoms with van der Waals surface area (Å²) in [6.07, 6.45) is 0.516. The van der Waals surface area contributed by atoms with Crippen molar-refractivity contribution in [1.29, 1.82) is 0 Å². The predicted molar refractivity (Wildman–Crippen MR) is 69.9 cm³/mol. The van der Waals surface area contributed by atoms with Crippen molar-refractivity contribution < 1.29 is 19.1 Å². The van der Waals surface area contributed by atoms with Gasteiger partial charge in [0, 0.05) is 19.2 Å². The van der Waals surface area contributed by atoms with Gasteiger partial charge in [-0.3, -0.25) is 9.69 Å². The van der Waals surface area contributed by atoms with Crippen molar-refractivity contribution in [2.24, 2.45) is 0 Å². The molecule has 1 aliphatic rings. The SMILES string of the molecule is COCC(=O)N(c1ccccc1C)C1CCOC1=O. The second kappa shape index (κ2) is 5.84. The van der Waals surface area contributed by atoms with Crippen molar-refractivity contribution in [2.75, 3.05) is 25.2 Å². The quantitative estimate of drug-likeness (QED) is 0.768. The van der Waals surface area contributed by atoms with Crippen molar-refractivity contribution in [3.8, 4) is 0 Å². The second-order valence-corrected chi connectivity index (χ2v) is 4.46. The van der Waals surface area contributed by atoms with Crippen molar-refractivity contribution in [2.45, 2.75) is 19.4 Å². The molecular formula is C14H17NO4. The summed E-state index contributed by atoms with van der Waals surface area (Å²) in [5.74, 6) is -0.589. The molecular weight excluding hydrogens is 246 g/mol. The Hall–Kier alpha value is -1.88. The molecule has 1 saturated heterocycles. The summed E-state index contributed by atoms with van der Waals surface area (Å²) in [4.78, 5) is 25.5. The maximum absolute atomic E-state index is 12.2. The molecule has 0 saturated carbocycles. The molecule has 1 aromatic rings. The molecule has 1 heterocycles. The number of amides is 1. The average molecular weight is 263 g/mol. The fourth-order valence-electron chi connectivity index (χ4n) is 2.22. The average Bonchev–Trinajstić information content (AvgIpc) is 2.79. The summed E-state index contributed by atoms with van der Waals surface area (Å²) < 4.78 is 9.86. The molecule has 1 fully saturated rings. The highest BCUT2D eigenvalue weighted by molar-refractivity contribution is 6.01. The molecule has 0 spiro atoms. The third-order valence-electron chi connectivity index (χ3n) is 3.13. The Labute approximate surface area is 112 Å². The first kappa shape index (κ1) is 13.5. The molecule has 0 radical (unpaired) electrons. The van der Waals surface area contributed by atoms with E-state index in [0.717, 1.165) is 11.3 Å². The molecule has 0 N–H and O–H groups in total. The lowest BCUT2D eigenvalue weighted by Crippen LogP contribution is -2.45. The number of esters is 1. The van der Waals surface area contributed by atoms with Gasteiger partial charge in [0.2, 0.25) is 0 Å². The third kappa shape index (κ3) is 2.76. The van der Waals surface area contributed by atoms with Crippen LogP contribution in [-0.2, 0) is 19.1 Å². The minimum absolute atomic E-state index is 0.0574. The van der Waals surface area contributed by atoms with Crippen LogP contribution in [0.5, 0.6) is 0 Å². The Morgan fingerprint density at radius 2 is 2.21 bits per heavy atom. The van der Waals surface area contributed by atoms with Gasteiger partial charge in [0.25, 0.3) is 5.91 Å². The van der Waals surface area contributed by atoms with E-state index in [1.54, 1.807) is 0 Å². The zero-order valence-corrected chi connectivity index (χ0v) is 11.1. The van der Waals surface area contributed by atoms with Gasteiger partial charge in [-0.1, -0.05) is 18.2 Å². The van der Waals surface area contributed by atoms with E-state index in [1.807, 2.05) is 31.2 Å². The summed E-state index contributed by atoms with van der Waals surface area (Å²) in [5, 5.41) is 0. The predicted octanol–water partition coefficient (Wildman–Crippen LogP) is 1.29. The maximum Gasteiger partial charge on any atom is 0.329 e. The van der Waals surface area contributed by atoms with Crippen LogP contribution >= 0.6 is 0 Å². The van der Waals surface area contributed by atoms with E-state index in [-0.39, 0.29) is 18.5 Å². The van der Waals surface area contributed by atoms with Crippen molar-refractivity contribution >= 4 is 17.6 Å². The minimum atomic E-state index is -0.552. The Balaban J connectivity index is 2.37. The number of methoxy groups -OCH3 is 1. The summed E-state index contributed by atoms with van der Waals surface area (Å²) in [5.41, 5.74) is 1.67. The Morgan fingerprint density at radius 1 is 1.47 bits per heavy atom. The number of carbonyl (C=O) groups is 2. The van der Waals surface area contributed by atoms with Gasteiger partial charge in [0.15, 0.2) is 0 Å². The molecule has 0 aromatic heterocycles. The Morgan fingerprint density at radius 3 is 2.79 bits per heavy atom. The summed E-state index contributed by atoms with van der Waals surface area (Å²) in [7, 11) is 1.46. The molecule has 102 valence electrons. The smallest absolute Gasteiger partial charge is 0.329 e. The highest BCUT2D eigenvalue weighted by Gasteiger charge is 2.36. The number of nitrogens with zero attached hydrogens (tertiary/aromatic N) is 1. The van der Waals surface area contributed by atoms with E-state index >= 15 is 0 Å². The topological polar surface area (TPSA) is 55.8 Å². The van der Waals surface area contributed by atoms with Gasteiger partial charge in [0.05, 0.1) is 6.61 Å². The zero-order chi connectivity index (χ0) is 13.8. The Bertz CT molecular complexity index is 486. The van der Waals surface area contributed by atoms with E-state index < -0.39 is 6.04 Å². The highest BCUT2D eigenvalue weighted by atomic mass is 16.5. The standard InChI is InChI=1S/C14H17NO4/c1-10-5-3-4-6-11(10)15(13(16)9-18-2)12-7-8-19-14(12)17/h3-6,12H,7-9H2,1-2H3. The van der Waals surface area contributed by atoms with Crippen molar-refractivity contribution in [3.63, 3.8) is 0 Å². The van der Waals surface area contributed by atoms with Crippen LogP contribution in [0.15, 0.2) is 24.3 Å². The van der Waals surface area contributed by atoms with E-state index in [9.17, 15) is 9.59 Å². The van der Waals surface area contributed by atoms with Crippen LogP contribution in [0.2, 0.25) is 0 Å². The third-order valence-corrected chi connectivity index (χ3v) is 3.13. The molecule has 1 unspecified atom stereocenters. The molecule has 0 aliphatic carbocycles. The van der Waals surface area contributed by atoms with Gasteiger partial charge in [-0.15, -0.1) is 0 Å². The van der Waals surface area contributed by atoms with Crippen LogP contribution in [0.4, 0.5) is 5.69 Å². The number of para-hydroxylation sites is 1. The molecule has 2 rings (SSSR count). The van der Waals surface area contributed by atoms with E-state index in [1.165, 1.54) is 12.0 Å². The number of hydrogen-bond acceptors (Lipinski definition) is 4. The number of anilines is 1. The van der Waals surface area contributed by atoms with Gasteiger partial charge >= 0.3 is 5.97 Å². The number of cyclic esters (lactones) is 1. The first-order valence-electron chi connectivity index (χ1n) is 6.18. The number of hydrogen-bond donors (Lipinski definition) is 0. The number of rotatable bonds is 4. The fourth-order valence-corrected chi connectivity index (χ4v) is 2.22. The molecule has 1 aliphatic heterocycles. The lowest BCUT2D eigenvalue weighted by atomic mass is 10.1. The molecule has 0 bridgehead atoms. The van der Waals surface area contributed by atoms with Crippen molar-refractivity contribution in [1.82, 2.24) is 0 Å². The van der Waals surface area contributed by atoms with Crippen LogP contribution in [0.1, 0.15) is 12.0 Å². The number of aryl methyl sites for hydroxylation is 1. The van der Waals surface area contributed by atoms with Gasteiger partial charge in [-0.2, -0.15) is 0 Å². The van der Waals surface area contributed by atoms with E-state index in [2.05, 4.69) is 0 Å².